The maximum atomic E-state index is 10.4. The summed E-state index contributed by atoms with van der Waals surface area (Å²) in [6.07, 6.45) is -0.0818. The van der Waals surface area contributed by atoms with Gasteiger partial charge in [-0.25, -0.2) is 4.98 Å². The van der Waals surface area contributed by atoms with E-state index >= 15 is 0 Å². The van der Waals surface area contributed by atoms with E-state index in [0.29, 0.717) is 26.9 Å². The Bertz CT molecular complexity index is 689. The minimum Gasteiger partial charge on any atom is -0.381 e. The van der Waals surface area contributed by atoms with E-state index < -0.39 is 5.60 Å². The van der Waals surface area contributed by atoms with Gasteiger partial charge in [-0.3, -0.25) is 0 Å². The Morgan fingerprint density at radius 2 is 2.10 bits per heavy atom. The molecule has 0 aliphatic heterocycles. The van der Waals surface area contributed by atoms with Crippen LogP contribution in [0.4, 0.5) is 0 Å². The van der Waals surface area contributed by atoms with Crippen LogP contribution >= 0.6 is 23.2 Å². The van der Waals surface area contributed by atoms with Gasteiger partial charge in [0.05, 0.1) is 33.6 Å². The minimum absolute atomic E-state index is 0.0818. The molecule has 0 spiro atoms. The first-order valence-corrected chi connectivity index (χ1v) is 6.60. The number of nitrogens with zero attached hydrogens (tertiary/aromatic N) is 3. The van der Waals surface area contributed by atoms with Crippen LogP contribution in [-0.2, 0) is 17.1 Å². The minimum atomic E-state index is -1.38. The van der Waals surface area contributed by atoms with E-state index in [4.69, 9.17) is 33.2 Å². The number of hydrogen-bond acceptors (Lipinski definition) is 4. The van der Waals surface area contributed by atoms with Crippen molar-refractivity contribution in [1.82, 2.24) is 9.55 Å². The van der Waals surface area contributed by atoms with Crippen molar-refractivity contribution >= 4 is 34.2 Å². The van der Waals surface area contributed by atoms with Crippen molar-refractivity contribution in [3.8, 4) is 6.07 Å². The number of nitriles is 1. The van der Waals surface area contributed by atoms with E-state index in [2.05, 4.69) is 4.98 Å². The van der Waals surface area contributed by atoms with Crippen LogP contribution < -0.4 is 0 Å². The first-order valence-electron chi connectivity index (χ1n) is 5.84. The van der Waals surface area contributed by atoms with Crippen LogP contribution in [0.5, 0.6) is 0 Å². The second-order valence-corrected chi connectivity index (χ2v) is 5.46. The zero-order valence-electron chi connectivity index (χ0n) is 11.0. The zero-order valence-corrected chi connectivity index (χ0v) is 12.5. The van der Waals surface area contributed by atoms with Crippen molar-refractivity contribution < 1.29 is 9.84 Å². The average Bonchev–Trinajstić information content (AvgIpc) is 2.70. The molecule has 0 saturated carbocycles. The third-order valence-corrected chi connectivity index (χ3v) is 3.68. The molecule has 1 heterocycles. The Morgan fingerprint density at radius 1 is 1.45 bits per heavy atom. The summed E-state index contributed by atoms with van der Waals surface area (Å²) in [5.41, 5.74) is -0.107. The van der Waals surface area contributed by atoms with E-state index in [-0.39, 0.29) is 13.2 Å². The van der Waals surface area contributed by atoms with Gasteiger partial charge in [-0.2, -0.15) is 5.26 Å². The van der Waals surface area contributed by atoms with Crippen LogP contribution in [0, 0.1) is 11.3 Å². The summed E-state index contributed by atoms with van der Waals surface area (Å²) in [6, 6.07) is 5.23. The van der Waals surface area contributed by atoms with Crippen molar-refractivity contribution in [2.24, 2.45) is 0 Å². The molecule has 20 heavy (non-hydrogen) atoms. The molecule has 0 amide bonds. The van der Waals surface area contributed by atoms with Gasteiger partial charge in [0, 0.05) is 7.11 Å². The standard InChI is InChI=1S/C13H13Cl2N3O2/c1-13(19,3-4-16)12-17-10-5-8(14)9(15)6-11(10)18(12)7-20-2/h5-6,19H,3,7H2,1-2H3. The molecular formula is C13H13Cl2N3O2. The fourth-order valence-corrected chi connectivity index (χ4v) is 2.34. The third kappa shape index (κ3) is 2.60. The molecule has 1 aromatic heterocycles. The summed E-state index contributed by atoms with van der Waals surface area (Å²) in [5.74, 6) is 0.342. The molecule has 0 aliphatic rings. The number of benzene rings is 1. The number of imidazole rings is 1. The molecule has 0 radical (unpaired) electrons. The summed E-state index contributed by atoms with van der Waals surface area (Å²) in [6.45, 7) is 1.72. The number of methoxy groups -OCH3 is 1. The van der Waals surface area contributed by atoms with Gasteiger partial charge in [0.25, 0.3) is 0 Å². The van der Waals surface area contributed by atoms with Crippen LogP contribution in [0.2, 0.25) is 10.0 Å². The Morgan fingerprint density at radius 3 is 2.70 bits per heavy atom. The fraction of sp³-hybridized carbons (Fsp3) is 0.385. The van der Waals surface area contributed by atoms with Crippen molar-refractivity contribution in [2.45, 2.75) is 25.7 Å². The topological polar surface area (TPSA) is 71.1 Å². The number of rotatable bonds is 4. The number of halogens is 2. The molecule has 2 rings (SSSR count). The van der Waals surface area contributed by atoms with Crippen molar-refractivity contribution in [3.05, 3.63) is 28.0 Å². The van der Waals surface area contributed by atoms with E-state index in [9.17, 15) is 5.11 Å². The molecule has 7 heteroatoms. The predicted molar refractivity (Wildman–Crippen MR) is 76.6 cm³/mol. The molecule has 0 aliphatic carbocycles. The second-order valence-electron chi connectivity index (χ2n) is 4.64. The van der Waals surface area contributed by atoms with Crippen LogP contribution in [0.25, 0.3) is 11.0 Å². The maximum Gasteiger partial charge on any atom is 0.144 e. The number of fused-ring (bicyclic) bond motifs is 1. The lowest BCUT2D eigenvalue weighted by Gasteiger charge is -2.20. The van der Waals surface area contributed by atoms with E-state index in [1.165, 1.54) is 14.0 Å². The number of aromatic nitrogens is 2. The molecule has 106 valence electrons. The molecule has 1 atom stereocenters. The molecule has 2 aromatic rings. The van der Waals surface area contributed by atoms with Crippen molar-refractivity contribution in [1.29, 1.82) is 5.26 Å². The summed E-state index contributed by atoms with van der Waals surface area (Å²) in [5, 5.41) is 20.0. The molecular weight excluding hydrogens is 301 g/mol. The normalized spacial score (nSPS) is 14.2. The number of hydrogen-bond donors (Lipinski definition) is 1. The Balaban J connectivity index is 2.71. The van der Waals surface area contributed by atoms with Crippen LogP contribution in [0.3, 0.4) is 0 Å². The quantitative estimate of drug-likeness (QED) is 0.941. The van der Waals surface area contributed by atoms with Gasteiger partial charge in [0.15, 0.2) is 0 Å². The van der Waals surface area contributed by atoms with Gasteiger partial charge < -0.3 is 14.4 Å². The average molecular weight is 314 g/mol. The van der Waals surface area contributed by atoms with Crippen LogP contribution in [-0.4, -0.2) is 21.8 Å². The highest BCUT2D eigenvalue weighted by molar-refractivity contribution is 6.42. The molecule has 0 fully saturated rings. The van der Waals surface area contributed by atoms with Gasteiger partial charge in [-0.1, -0.05) is 23.2 Å². The zero-order chi connectivity index (χ0) is 14.9. The smallest absolute Gasteiger partial charge is 0.144 e. The number of ether oxygens (including phenoxy) is 1. The summed E-state index contributed by atoms with van der Waals surface area (Å²) in [4.78, 5) is 4.36. The lowest BCUT2D eigenvalue weighted by atomic mass is 10.0. The molecule has 1 N–H and O–H groups in total. The fourth-order valence-electron chi connectivity index (χ4n) is 2.02. The second kappa shape index (κ2) is 5.58. The highest BCUT2D eigenvalue weighted by atomic mass is 35.5. The summed E-state index contributed by atoms with van der Waals surface area (Å²) < 4.78 is 6.81. The maximum absolute atomic E-state index is 10.4. The summed E-state index contributed by atoms with van der Waals surface area (Å²) in [7, 11) is 1.53. The Kier molecular flexibility index (Phi) is 4.21. The molecule has 0 saturated heterocycles. The van der Waals surface area contributed by atoms with Crippen LogP contribution in [0.1, 0.15) is 19.2 Å². The highest BCUT2D eigenvalue weighted by Crippen LogP contribution is 2.32. The van der Waals surface area contributed by atoms with Crippen molar-refractivity contribution in [3.63, 3.8) is 0 Å². The molecule has 0 bridgehead atoms. The first kappa shape index (κ1) is 15.1. The van der Waals surface area contributed by atoms with Gasteiger partial charge >= 0.3 is 0 Å². The third-order valence-electron chi connectivity index (χ3n) is 2.95. The lowest BCUT2D eigenvalue weighted by molar-refractivity contribution is 0.0387. The van der Waals surface area contributed by atoms with Crippen molar-refractivity contribution in [2.75, 3.05) is 7.11 Å². The summed E-state index contributed by atoms with van der Waals surface area (Å²) >= 11 is 12.0. The van der Waals surface area contributed by atoms with Gasteiger partial charge in [-0.05, 0) is 19.1 Å². The highest BCUT2D eigenvalue weighted by Gasteiger charge is 2.30. The van der Waals surface area contributed by atoms with Crippen LogP contribution in [0.15, 0.2) is 12.1 Å². The molecule has 1 aromatic carbocycles. The van der Waals surface area contributed by atoms with E-state index in [1.54, 1.807) is 16.7 Å². The van der Waals surface area contributed by atoms with Gasteiger partial charge in [-0.15, -0.1) is 0 Å². The first-order chi connectivity index (χ1) is 9.40. The van der Waals surface area contributed by atoms with Gasteiger partial charge in [0.2, 0.25) is 0 Å². The largest absolute Gasteiger partial charge is 0.381 e. The SMILES string of the molecule is COCn1c(C(C)(O)CC#N)nc2cc(Cl)c(Cl)cc21. The van der Waals surface area contributed by atoms with E-state index in [1.807, 2.05) is 6.07 Å². The molecule has 1 unspecified atom stereocenters. The van der Waals surface area contributed by atoms with E-state index in [0.717, 1.165) is 0 Å². The van der Waals surface area contributed by atoms with Gasteiger partial charge in [0.1, 0.15) is 18.2 Å². The Labute approximate surface area is 126 Å². The lowest BCUT2D eigenvalue weighted by Crippen LogP contribution is -2.26. The predicted octanol–water partition coefficient (Wildman–Crippen LogP) is 3.07. The monoisotopic (exact) mass is 313 g/mol. The number of aliphatic hydroxyl groups is 1. The molecule has 5 nitrogen and oxygen atoms in total. The Hall–Kier alpha value is -1.32.